The van der Waals surface area contributed by atoms with Gasteiger partial charge in [-0.25, -0.2) is 14.1 Å². The highest BCUT2D eigenvalue weighted by molar-refractivity contribution is 5.98. The second-order valence-corrected chi connectivity index (χ2v) is 5.49. The highest BCUT2D eigenvalue weighted by Gasteiger charge is 2.12. The van der Waals surface area contributed by atoms with Gasteiger partial charge in [0.2, 0.25) is 0 Å². The van der Waals surface area contributed by atoms with E-state index < -0.39 is 0 Å². The van der Waals surface area contributed by atoms with E-state index in [2.05, 4.69) is 20.7 Å². The van der Waals surface area contributed by atoms with Gasteiger partial charge in [-0.15, -0.1) is 0 Å². The summed E-state index contributed by atoms with van der Waals surface area (Å²) in [5, 5.41) is 10.2. The number of carbonyl (C=O) groups excluding carboxylic acids is 1. The first kappa shape index (κ1) is 16.6. The third-order valence-electron chi connectivity index (χ3n) is 3.82. The van der Waals surface area contributed by atoms with Crippen LogP contribution >= 0.6 is 0 Å². The normalized spacial score (nSPS) is 10.5. The number of nitrogens with zero attached hydrogens (tertiary/aromatic N) is 3. The zero-order valence-electron chi connectivity index (χ0n) is 14.0. The summed E-state index contributed by atoms with van der Waals surface area (Å²) < 4.78 is 14.7. The molecule has 2 aromatic heterocycles. The predicted octanol–water partition coefficient (Wildman–Crippen LogP) is 2.69. The van der Waals surface area contributed by atoms with Crippen LogP contribution in [0.2, 0.25) is 0 Å². The number of pyridine rings is 1. The SMILES string of the molecule is CNC(=O)c1cccnc1NCc1cn(-c2ccc(F)cc2)nc1C. The fourth-order valence-electron chi connectivity index (χ4n) is 2.44. The quantitative estimate of drug-likeness (QED) is 0.750. The zero-order chi connectivity index (χ0) is 17.8. The van der Waals surface area contributed by atoms with Gasteiger partial charge in [-0.2, -0.15) is 5.10 Å². The van der Waals surface area contributed by atoms with Crippen LogP contribution in [0.25, 0.3) is 5.69 Å². The third kappa shape index (κ3) is 3.65. The average molecular weight is 339 g/mol. The minimum atomic E-state index is -0.286. The molecule has 128 valence electrons. The van der Waals surface area contributed by atoms with Gasteiger partial charge < -0.3 is 10.6 Å². The molecule has 0 unspecified atom stereocenters. The van der Waals surface area contributed by atoms with E-state index in [0.717, 1.165) is 16.9 Å². The fourth-order valence-corrected chi connectivity index (χ4v) is 2.44. The highest BCUT2D eigenvalue weighted by Crippen LogP contribution is 2.16. The van der Waals surface area contributed by atoms with Gasteiger partial charge in [-0.1, -0.05) is 0 Å². The summed E-state index contributed by atoms with van der Waals surface area (Å²) in [5.41, 5.74) is 3.06. The van der Waals surface area contributed by atoms with Crippen molar-refractivity contribution in [1.29, 1.82) is 0 Å². The molecule has 0 aliphatic heterocycles. The van der Waals surface area contributed by atoms with Crippen LogP contribution in [0.3, 0.4) is 0 Å². The first-order valence-corrected chi connectivity index (χ1v) is 7.80. The Labute approximate surface area is 144 Å². The lowest BCUT2D eigenvalue weighted by Crippen LogP contribution is -2.20. The van der Waals surface area contributed by atoms with E-state index in [1.165, 1.54) is 12.1 Å². The number of amides is 1. The number of aromatic nitrogens is 3. The van der Waals surface area contributed by atoms with Gasteiger partial charge in [0, 0.05) is 31.5 Å². The molecule has 0 saturated carbocycles. The molecule has 0 aliphatic carbocycles. The van der Waals surface area contributed by atoms with Crippen molar-refractivity contribution in [2.24, 2.45) is 0 Å². The minimum Gasteiger partial charge on any atom is -0.365 e. The smallest absolute Gasteiger partial charge is 0.254 e. The molecule has 1 amide bonds. The van der Waals surface area contributed by atoms with Crippen LogP contribution in [0.15, 0.2) is 48.8 Å². The highest BCUT2D eigenvalue weighted by atomic mass is 19.1. The topological polar surface area (TPSA) is 71.8 Å². The van der Waals surface area contributed by atoms with E-state index in [-0.39, 0.29) is 11.7 Å². The van der Waals surface area contributed by atoms with Crippen LogP contribution in [-0.4, -0.2) is 27.7 Å². The summed E-state index contributed by atoms with van der Waals surface area (Å²) in [7, 11) is 1.58. The number of benzene rings is 1. The first-order chi connectivity index (χ1) is 12.1. The van der Waals surface area contributed by atoms with Crippen molar-refractivity contribution in [2.75, 3.05) is 12.4 Å². The summed E-state index contributed by atoms with van der Waals surface area (Å²) in [4.78, 5) is 16.1. The molecule has 3 aromatic rings. The van der Waals surface area contributed by atoms with Crippen molar-refractivity contribution in [3.8, 4) is 5.69 Å². The largest absolute Gasteiger partial charge is 0.365 e. The van der Waals surface area contributed by atoms with Gasteiger partial charge in [0.1, 0.15) is 11.6 Å². The molecular weight excluding hydrogens is 321 g/mol. The molecule has 1 aromatic carbocycles. The van der Waals surface area contributed by atoms with Crippen LogP contribution in [0.5, 0.6) is 0 Å². The number of nitrogens with one attached hydrogen (secondary N) is 2. The van der Waals surface area contributed by atoms with Crippen LogP contribution in [0, 0.1) is 12.7 Å². The van der Waals surface area contributed by atoms with Crippen LogP contribution < -0.4 is 10.6 Å². The lowest BCUT2D eigenvalue weighted by Gasteiger charge is -2.09. The van der Waals surface area contributed by atoms with Gasteiger partial charge in [0.05, 0.1) is 16.9 Å². The molecule has 0 bridgehead atoms. The molecule has 0 fully saturated rings. The maximum Gasteiger partial charge on any atom is 0.254 e. The number of hydrogen-bond donors (Lipinski definition) is 2. The number of rotatable bonds is 5. The molecular formula is C18H18FN5O. The minimum absolute atomic E-state index is 0.200. The molecule has 0 saturated heterocycles. The van der Waals surface area contributed by atoms with Crippen molar-refractivity contribution in [3.63, 3.8) is 0 Å². The van der Waals surface area contributed by atoms with Crippen molar-refractivity contribution < 1.29 is 9.18 Å². The predicted molar refractivity (Wildman–Crippen MR) is 93.2 cm³/mol. The molecule has 0 atom stereocenters. The Hall–Kier alpha value is -3.22. The third-order valence-corrected chi connectivity index (χ3v) is 3.82. The molecule has 7 heteroatoms. The molecule has 0 aliphatic rings. The van der Waals surface area contributed by atoms with Crippen LogP contribution in [-0.2, 0) is 6.54 Å². The molecule has 0 radical (unpaired) electrons. The summed E-state index contributed by atoms with van der Waals surface area (Å²) in [5.74, 6) is 0.0245. The van der Waals surface area contributed by atoms with E-state index in [4.69, 9.17) is 0 Å². The number of carbonyl (C=O) groups is 1. The fraction of sp³-hybridized carbons (Fsp3) is 0.167. The Balaban J connectivity index is 1.79. The number of aryl methyl sites for hydroxylation is 1. The maximum absolute atomic E-state index is 13.0. The summed E-state index contributed by atoms with van der Waals surface area (Å²) in [6.07, 6.45) is 3.50. The summed E-state index contributed by atoms with van der Waals surface area (Å²) in [6.45, 7) is 2.36. The molecule has 25 heavy (non-hydrogen) atoms. The van der Waals surface area contributed by atoms with Crippen molar-refractivity contribution in [1.82, 2.24) is 20.1 Å². The van der Waals surface area contributed by atoms with E-state index >= 15 is 0 Å². The Morgan fingerprint density at radius 1 is 1.24 bits per heavy atom. The Morgan fingerprint density at radius 2 is 2.00 bits per heavy atom. The Kier molecular flexibility index (Phi) is 4.74. The van der Waals surface area contributed by atoms with Gasteiger partial charge in [-0.3, -0.25) is 4.79 Å². The molecule has 3 rings (SSSR count). The number of halogens is 1. The monoisotopic (exact) mass is 339 g/mol. The van der Waals surface area contributed by atoms with E-state index in [9.17, 15) is 9.18 Å². The zero-order valence-corrected chi connectivity index (χ0v) is 14.0. The first-order valence-electron chi connectivity index (χ1n) is 7.80. The van der Waals surface area contributed by atoms with E-state index in [1.807, 2.05) is 13.1 Å². The number of hydrogen-bond acceptors (Lipinski definition) is 4. The van der Waals surface area contributed by atoms with Crippen LogP contribution in [0.1, 0.15) is 21.6 Å². The standard InChI is InChI=1S/C18H18FN5O/c1-12-13(11-24(23-12)15-7-5-14(19)6-8-15)10-22-17-16(18(25)20-2)4-3-9-21-17/h3-9,11H,10H2,1-2H3,(H,20,25)(H,21,22). The van der Waals surface area contributed by atoms with Crippen molar-refractivity contribution in [3.05, 3.63) is 71.4 Å². The van der Waals surface area contributed by atoms with Gasteiger partial charge in [0.15, 0.2) is 0 Å². The van der Waals surface area contributed by atoms with Gasteiger partial charge in [-0.05, 0) is 43.3 Å². The van der Waals surface area contributed by atoms with E-state index in [1.54, 1.807) is 42.2 Å². The molecule has 2 N–H and O–H groups in total. The summed E-state index contributed by atoms with van der Waals surface area (Å²) >= 11 is 0. The number of anilines is 1. The Morgan fingerprint density at radius 3 is 2.72 bits per heavy atom. The maximum atomic E-state index is 13.0. The lowest BCUT2D eigenvalue weighted by molar-refractivity contribution is 0.0963. The van der Waals surface area contributed by atoms with E-state index in [0.29, 0.717) is 17.9 Å². The average Bonchev–Trinajstić information content (AvgIpc) is 3.01. The van der Waals surface area contributed by atoms with Crippen LogP contribution in [0.4, 0.5) is 10.2 Å². The second-order valence-electron chi connectivity index (χ2n) is 5.49. The van der Waals surface area contributed by atoms with Gasteiger partial charge in [0.25, 0.3) is 5.91 Å². The van der Waals surface area contributed by atoms with Crippen molar-refractivity contribution >= 4 is 11.7 Å². The van der Waals surface area contributed by atoms with Gasteiger partial charge >= 0.3 is 0 Å². The van der Waals surface area contributed by atoms with Crippen molar-refractivity contribution in [2.45, 2.75) is 13.5 Å². The second kappa shape index (κ2) is 7.12. The molecule has 0 spiro atoms. The lowest BCUT2D eigenvalue weighted by atomic mass is 10.2. The molecule has 6 nitrogen and oxygen atoms in total. The summed E-state index contributed by atoms with van der Waals surface area (Å²) in [6, 6.07) is 9.56. The Bertz CT molecular complexity index is 889. The molecule has 2 heterocycles.